The van der Waals surface area contributed by atoms with Gasteiger partial charge in [0.05, 0.1) is 10.0 Å². The monoisotopic (exact) mass is 285 g/mol. The standard InChI is InChI=1S/C13H13Cl2NO2/c1-8(2)13-12(16-7-18-13)6-17-9-3-4-10(14)11(15)5-9/h3-5,7-8H,6H2,1-2H3. The number of ether oxygens (including phenoxy) is 1. The molecular weight excluding hydrogens is 273 g/mol. The lowest BCUT2D eigenvalue weighted by Gasteiger charge is -2.07. The van der Waals surface area contributed by atoms with Gasteiger partial charge in [0, 0.05) is 12.0 Å². The minimum Gasteiger partial charge on any atom is -0.487 e. The molecule has 1 aromatic heterocycles. The molecule has 0 bridgehead atoms. The Labute approximate surface area is 116 Å². The Hall–Kier alpha value is -1.19. The van der Waals surface area contributed by atoms with Crippen LogP contribution in [0.15, 0.2) is 29.0 Å². The smallest absolute Gasteiger partial charge is 0.181 e. The number of aromatic nitrogens is 1. The lowest BCUT2D eigenvalue weighted by atomic mass is 10.1. The summed E-state index contributed by atoms with van der Waals surface area (Å²) in [6, 6.07) is 5.15. The average molecular weight is 286 g/mol. The Balaban J connectivity index is 2.07. The Kier molecular flexibility index (Phi) is 4.15. The summed E-state index contributed by atoms with van der Waals surface area (Å²) in [4.78, 5) is 4.14. The molecule has 2 aromatic rings. The maximum atomic E-state index is 5.91. The van der Waals surface area contributed by atoms with Gasteiger partial charge in [-0.2, -0.15) is 0 Å². The molecule has 18 heavy (non-hydrogen) atoms. The highest BCUT2D eigenvalue weighted by Gasteiger charge is 2.12. The van der Waals surface area contributed by atoms with E-state index < -0.39 is 0 Å². The number of nitrogens with zero attached hydrogens (tertiary/aromatic N) is 1. The maximum absolute atomic E-state index is 5.91. The molecule has 0 unspecified atom stereocenters. The summed E-state index contributed by atoms with van der Waals surface area (Å²) in [6.45, 7) is 4.44. The molecule has 0 saturated heterocycles. The Morgan fingerprint density at radius 1 is 1.28 bits per heavy atom. The zero-order valence-electron chi connectivity index (χ0n) is 10.1. The van der Waals surface area contributed by atoms with Gasteiger partial charge in [0.15, 0.2) is 6.39 Å². The van der Waals surface area contributed by atoms with Crippen molar-refractivity contribution in [2.24, 2.45) is 0 Å². The molecule has 3 nitrogen and oxygen atoms in total. The van der Waals surface area contributed by atoms with Crippen LogP contribution < -0.4 is 4.74 Å². The Morgan fingerprint density at radius 2 is 2.06 bits per heavy atom. The van der Waals surface area contributed by atoms with Crippen molar-refractivity contribution in [3.63, 3.8) is 0 Å². The predicted octanol–water partition coefficient (Wildman–Crippen LogP) is 4.68. The molecule has 2 rings (SSSR count). The molecule has 1 aromatic carbocycles. The van der Waals surface area contributed by atoms with Gasteiger partial charge in [-0.1, -0.05) is 37.0 Å². The van der Waals surface area contributed by atoms with Gasteiger partial charge < -0.3 is 9.15 Å². The zero-order chi connectivity index (χ0) is 13.1. The number of benzene rings is 1. The predicted molar refractivity (Wildman–Crippen MR) is 71.4 cm³/mol. The van der Waals surface area contributed by atoms with Gasteiger partial charge in [-0.05, 0) is 12.1 Å². The maximum Gasteiger partial charge on any atom is 0.181 e. The molecule has 0 aliphatic rings. The summed E-state index contributed by atoms with van der Waals surface area (Å²) in [5, 5.41) is 0.978. The molecular formula is C13H13Cl2NO2. The van der Waals surface area contributed by atoms with Crippen LogP contribution in [-0.4, -0.2) is 4.98 Å². The third kappa shape index (κ3) is 2.98. The minimum absolute atomic E-state index is 0.278. The van der Waals surface area contributed by atoms with Crippen LogP contribution in [0.3, 0.4) is 0 Å². The van der Waals surface area contributed by atoms with Crippen LogP contribution in [0.1, 0.15) is 31.2 Å². The van der Waals surface area contributed by atoms with Gasteiger partial charge in [0.25, 0.3) is 0 Å². The number of hydrogen-bond acceptors (Lipinski definition) is 3. The first-order chi connectivity index (χ1) is 8.58. The van der Waals surface area contributed by atoms with Crippen LogP contribution in [0.25, 0.3) is 0 Å². The highest BCUT2D eigenvalue weighted by molar-refractivity contribution is 6.42. The summed E-state index contributed by atoms with van der Waals surface area (Å²) < 4.78 is 10.9. The first kappa shape index (κ1) is 13.2. The molecule has 1 heterocycles. The molecule has 0 amide bonds. The quantitative estimate of drug-likeness (QED) is 0.818. The Bertz CT molecular complexity index is 538. The van der Waals surface area contributed by atoms with E-state index in [0.29, 0.717) is 22.4 Å². The summed E-state index contributed by atoms with van der Waals surface area (Å²) >= 11 is 11.7. The molecule has 0 N–H and O–H groups in total. The van der Waals surface area contributed by atoms with Crippen molar-refractivity contribution < 1.29 is 9.15 Å². The fourth-order valence-corrected chi connectivity index (χ4v) is 1.86. The number of oxazole rings is 1. The molecule has 5 heteroatoms. The number of rotatable bonds is 4. The van der Waals surface area contributed by atoms with Crippen molar-refractivity contribution in [2.45, 2.75) is 26.4 Å². The van der Waals surface area contributed by atoms with Gasteiger partial charge in [-0.25, -0.2) is 4.98 Å². The van der Waals surface area contributed by atoms with Gasteiger partial charge >= 0.3 is 0 Å². The second kappa shape index (κ2) is 5.63. The normalized spacial score (nSPS) is 10.9. The highest BCUT2D eigenvalue weighted by atomic mass is 35.5. The van der Waals surface area contributed by atoms with Gasteiger partial charge in [0.1, 0.15) is 23.8 Å². The van der Waals surface area contributed by atoms with E-state index in [2.05, 4.69) is 4.98 Å². The van der Waals surface area contributed by atoms with Crippen LogP contribution in [0.4, 0.5) is 0 Å². The largest absolute Gasteiger partial charge is 0.487 e. The van der Waals surface area contributed by atoms with Crippen LogP contribution in [-0.2, 0) is 6.61 Å². The topological polar surface area (TPSA) is 35.3 Å². The van der Waals surface area contributed by atoms with Crippen LogP contribution in [0, 0.1) is 0 Å². The van der Waals surface area contributed by atoms with E-state index in [1.807, 2.05) is 13.8 Å². The lowest BCUT2D eigenvalue weighted by molar-refractivity contribution is 0.297. The third-order valence-corrected chi connectivity index (χ3v) is 3.20. The van der Waals surface area contributed by atoms with Crippen LogP contribution in [0.2, 0.25) is 10.0 Å². The molecule has 0 atom stereocenters. The molecule has 0 aliphatic carbocycles. The van der Waals surface area contributed by atoms with E-state index in [1.54, 1.807) is 18.2 Å². The van der Waals surface area contributed by atoms with Crippen LogP contribution in [0.5, 0.6) is 5.75 Å². The molecule has 0 radical (unpaired) electrons. The van der Waals surface area contributed by atoms with Gasteiger partial charge in [-0.15, -0.1) is 0 Å². The molecule has 0 fully saturated rings. The minimum atomic E-state index is 0.278. The lowest BCUT2D eigenvalue weighted by Crippen LogP contribution is -2.00. The molecule has 0 aliphatic heterocycles. The van der Waals surface area contributed by atoms with Crippen molar-refractivity contribution in [1.29, 1.82) is 0 Å². The van der Waals surface area contributed by atoms with Crippen molar-refractivity contribution in [3.8, 4) is 5.75 Å². The van der Waals surface area contributed by atoms with E-state index in [-0.39, 0.29) is 5.92 Å². The van der Waals surface area contributed by atoms with E-state index >= 15 is 0 Å². The first-order valence-electron chi connectivity index (χ1n) is 5.58. The number of halogens is 2. The first-order valence-corrected chi connectivity index (χ1v) is 6.33. The van der Waals surface area contributed by atoms with Crippen molar-refractivity contribution in [3.05, 3.63) is 46.1 Å². The van der Waals surface area contributed by atoms with E-state index in [4.69, 9.17) is 32.4 Å². The van der Waals surface area contributed by atoms with E-state index in [1.165, 1.54) is 6.39 Å². The van der Waals surface area contributed by atoms with Crippen molar-refractivity contribution >= 4 is 23.2 Å². The zero-order valence-corrected chi connectivity index (χ0v) is 11.6. The summed E-state index contributed by atoms with van der Waals surface area (Å²) in [5.74, 6) is 1.78. The van der Waals surface area contributed by atoms with Gasteiger partial charge in [-0.3, -0.25) is 0 Å². The van der Waals surface area contributed by atoms with Gasteiger partial charge in [0.2, 0.25) is 0 Å². The third-order valence-electron chi connectivity index (χ3n) is 2.46. The highest BCUT2D eigenvalue weighted by Crippen LogP contribution is 2.27. The average Bonchev–Trinajstić information content (AvgIpc) is 2.79. The van der Waals surface area contributed by atoms with E-state index in [0.717, 1.165) is 11.5 Å². The second-order valence-electron chi connectivity index (χ2n) is 4.18. The van der Waals surface area contributed by atoms with Crippen molar-refractivity contribution in [2.75, 3.05) is 0 Å². The fraction of sp³-hybridized carbons (Fsp3) is 0.308. The second-order valence-corrected chi connectivity index (χ2v) is 5.00. The molecule has 96 valence electrons. The number of hydrogen-bond donors (Lipinski definition) is 0. The van der Waals surface area contributed by atoms with Crippen molar-refractivity contribution in [1.82, 2.24) is 4.98 Å². The Morgan fingerprint density at radius 3 is 2.72 bits per heavy atom. The summed E-state index contributed by atoms with van der Waals surface area (Å²) in [7, 11) is 0. The molecule has 0 saturated carbocycles. The van der Waals surface area contributed by atoms with Crippen LogP contribution >= 0.6 is 23.2 Å². The fourth-order valence-electron chi connectivity index (χ4n) is 1.57. The summed E-state index contributed by atoms with van der Waals surface area (Å²) in [6.07, 6.45) is 1.43. The SMILES string of the molecule is CC(C)c1ocnc1COc1ccc(Cl)c(Cl)c1. The molecule has 0 spiro atoms. The summed E-state index contributed by atoms with van der Waals surface area (Å²) in [5.41, 5.74) is 0.802. The van der Waals surface area contributed by atoms with E-state index in [9.17, 15) is 0 Å².